The van der Waals surface area contributed by atoms with Gasteiger partial charge in [-0.05, 0) is 67.0 Å². The molecule has 31 heavy (non-hydrogen) atoms. The Hall–Kier alpha value is -3.08. The van der Waals surface area contributed by atoms with Crippen LogP contribution in [0, 0.1) is 0 Å². The third kappa shape index (κ3) is 4.09. The lowest BCUT2D eigenvalue weighted by Gasteiger charge is -2.42. The van der Waals surface area contributed by atoms with Crippen LogP contribution in [-0.2, 0) is 21.4 Å². The number of nitrogens with one attached hydrogen (secondary N) is 1. The summed E-state index contributed by atoms with van der Waals surface area (Å²) in [6.07, 6.45) is 5.53. The van der Waals surface area contributed by atoms with Gasteiger partial charge in [-0.15, -0.1) is 0 Å². The van der Waals surface area contributed by atoms with E-state index >= 15 is 0 Å². The number of ether oxygens (including phenoxy) is 1. The standard InChI is InChI=1S/C26H30N2O3/c1-3-24(29)28-16-14-26(15-17-28,20-9-5-4-6-10-20)25(30)27-23-11-7-8-19-12-13-21(31-2)18-22(19)23/h3-6,9-10,12-13,18,23H,1,7-8,11,14-17H2,2H3,(H,27,30). The Kier molecular flexibility index (Phi) is 6.12. The highest BCUT2D eigenvalue weighted by Gasteiger charge is 2.44. The van der Waals surface area contributed by atoms with E-state index < -0.39 is 5.41 Å². The molecule has 0 bridgehead atoms. The second kappa shape index (κ2) is 8.96. The number of likely N-dealkylation sites (tertiary alicyclic amines) is 1. The first-order valence-electron chi connectivity index (χ1n) is 11.0. The van der Waals surface area contributed by atoms with E-state index in [1.54, 1.807) is 12.0 Å². The smallest absolute Gasteiger partial charge is 0.245 e. The fourth-order valence-electron chi connectivity index (χ4n) is 4.99. The molecule has 1 fully saturated rings. The molecule has 5 nitrogen and oxygen atoms in total. The highest BCUT2D eigenvalue weighted by molar-refractivity contribution is 5.90. The van der Waals surface area contributed by atoms with Gasteiger partial charge in [0.05, 0.1) is 18.6 Å². The molecule has 1 unspecified atom stereocenters. The van der Waals surface area contributed by atoms with Crippen LogP contribution in [0.15, 0.2) is 61.2 Å². The molecule has 2 amide bonds. The Morgan fingerprint density at radius 1 is 1.16 bits per heavy atom. The number of amides is 2. The molecule has 2 aliphatic rings. The minimum absolute atomic E-state index is 0.0280. The summed E-state index contributed by atoms with van der Waals surface area (Å²) in [5.41, 5.74) is 2.80. The molecular weight excluding hydrogens is 388 g/mol. The van der Waals surface area contributed by atoms with Crippen LogP contribution >= 0.6 is 0 Å². The quantitative estimate of drug-likeness (QED) is 0.749. The normalized spacial score (nSPS) is 19.8. The number of rotatable bonds is 5. The zero-order valence-corrected chi connectivity index (χ0v) is 18.1. The van der Waals surface area contributed by atoms with Crippen LogP contribution in [-0.4, -0.2) is 36.9 Å². The Labute approximate surface area is 184 Å². The first-order valence-corrected chi connectivity index (χ1v) is 11.0. The Morgan fingerprint density at radius 3 is 2.58 bits per heavy atom. The SMILES string of the molecule is C=CC(=O)N1CCC(C(=O)NC2CCCc3ccc(OC)cc32)(c2ccccc2)CC1. The number of benzene rings is 2. The van der Waals surface area contributed by atoms with Crippen molar-refractivity contribution in [1.82, 2.24) is 10.2 Å². The largest absolute Gasteiger partial charge is 0.497 e. The van der Waals surface area contributed by atoms with Crippen molar-refractivity contribution in [3.05, 3.63) is 77.9 Å². The summed E-state index contributed by atoms with van der Waals surface area (Å²) in [5.74, 6) is 0.786. The van der Waals surface area contributed by atoms with Crippen molar-refractivity contribution < 1.29 is 14.3 Å². The monoisotopic (exact) mass is 418 g/mol. The molecule has 5 heteroatoms. The van der Waals surface area contributed by atoms with Gasteiger partial charge in [0.2, 0.25) is 11.8 Å². The van der Waals surface area contributed by atoms with Gasteiger partial charge in [0.25, 0.3) is 0 Å². The number of fused-ring (bicyclic) bond motifs is 1. The lowest BCUT2D eigenvalue weighted by atomic mass is 9.71. The Morgan fingerprint density at radius 2 is 1.90 bits per heavy atom. The zero-order valence-electron chi connectivity index (χ0n) is 18.1. The fraction of sp³-hybridized carbons (Fsp3) is 0.385. The van der Waals surface area contributed by atoms with Crippen LogP contribution < -0.4 is 10.1 Å². The van der Waals surface area contributed by atoms with Gasteiger partial charge in [-0.2, -0.15) is 0 Å². The van der Waals surface area contributed by atoms with Gasteiger partial charge in [-0.1, -0.05) is 43.0 Å². The van der Waals surface area contributed by atoms with Crippen LogP contribution in [0.1, 0.15) is 48.4 Å². The minimum atomic E-state index is -0.643. The van der Waals surface area contributed by atoms with E-state index in [1.165, 1.54) is 11.6 Å². The average molecular weight is 419 g/mol. The van der Waals surface area contributed by atoms with Gasteiger partial charge in [0.15, 0.2) is 0 Å². The van der Waals surface area contributed by atoms with Crippen molar-refractivity contribution in [3.8, 4) is 5.75 Å². The number of methoxy groups -OCH3 is 1. The fourth-order valence-corrected chi connectivity index (χ4v) is 4.99. The summed E-state index contributed by atoms with van der Waals surface area (Å²) in [6.45, 7) is 4.69. The third-order valence-electron chi connectivity index (χ3n) is 6.84. The van der Waals surface area contributed by atoms with Crippen molar-refractivity contribution in [2.45, 2.75) is 43.6 Å². The molecule has 2 aromatic rings. The van der Waals surface area contributed by atoms with E-state index in [9.17, 15) is 9.59 Å². The van der Waals surface area contributed by atoms with Crippen molar-refractivity contribution in [3.63, 3.8) is 0 Å². The van der Waals surface area contributed by atoms with E-state index in [4.69, 9.17) is 4.74 Å². The summed E-state index contributed by atoms with van der Waals surface area (Å²) >= 11 is 0. The molecule has 4 rings (SSSR count). The van der Waals surface area contributed by atoms with Gasteiger partial charge in [0, 0.05) is 13.1 Å². The summed E-state index contributed by atoms with van der Waals surface area (Å²) in [6, 6.07) is 16.1. The van der Waals surface area contributed by atoms with Crippen LogP contribution in [0.2, 0.25) is 0 Å². The molecule has 0 aromatic heterocycles. The van der Waals surface area contributed by atoms with E-state index in [2.05, 4.69) is 24.0 Å². The molecule has 1 aliphatic heterocycles. The molecule has 162 valence electrons. The summed E-state index contributed by atoms with van der Waals surface area (Å²) in [7, 11) is 1.67. The molecule has 1 aliphatic carbocycles. The number of hydrogen-bond acceptors (Lipinski definition) is 3. The maximum atomic E-state index is 13.8. The first-order chi connectivity index (χ1) is 15.1. The lowest BCUT2D eigenvalue weighted by Crippen LogP contribution is -2.53. The second-order valence-corrected chi connectivity index (χ2v) is 8.46. The van der Waals surface area contributed by atoms with Gasteiger partial charge < -0.3 is 15.0 Å². The number of carbonyl (C=O) groups excluding carboxylic acids is 2. The lowest BCUT2D eigenvalue weighted by molar-refractivity contribution is -0.134. The highest BCUT2D eigenvalue weighted by atomic mass is 16.5. The van der Waals surface area contributed by atoms with E-state index in [1.807, 2.05) is 36.4 Å². The van der Waals surface area contributed by atoms with E-state index in [0.717, 1.165) is 36.1 Å². The maximum absolute atomic E-state index is 13.8. The van der Waals surface area contributed by atoms with Crippen molar-refractivity contribution in [1.29, 1.82) is 0 Å². The van der Waals surface area contributed by atoms with Gasteiger partial charge in [-0.25, -0.2) is 0 Å². The molecule has 1 saturated heterocycles. The van der Waals surface area contributed by atoms with Gasteiger partial charge in [-0.3, -0.25) is 9.59 Å². The number of nitrogens with zero attached hydrogens (tertiary/aromatic N) is 1. The van der Waals surface area contributed by atoms with Crippen molar-refractivity contribution >= 4 is 11.8 Å². The number of carbonyl (C=O) groups is 2. The first kappa shape index (κ1) is 21.2. The number of hydrogen-bond donors (Lipinski definition) is 1. The second-order valence-electron chi connectivity index (χ2n) is 8.46. The highest BCUT2D eigenvalue weighted by Crippen LogP contribution is 2.38. The molecule has 2 aromatic carbocycles. The van der Waals surface area contributed by atoms with Gasteiger partial charge in [0.1, 0.15) is 5.75 Å². The predicted molar refractivity (Wildman–Crippen MR) is 121 cm³/mol. The molecule has 1 heterocycles. The number of piperidine rings is 1. The van der Waals surface area contributed by atoms with Crippen LogP contribution in [0.3, 0.4) is 0 Å². The molecular formula is C26H30N2O3. The van der Waals surface area contributed by atoms with Crippen LogP contribution in [0.5, 0.6) is 5.75 Å². The van der Waals surface area contributed by atoms with Crippen LogP contribution in [0.4, 0.5) is 0 Å². The summed E-state index contributed by atoms with van der Waals surface area (Å²) in [5, 5.41) is 3.38. The molecule has 1 atom stereocenters. The average Bonchev–Trinajstić information content (AvgIpc) is 2.84. The molecule has 1 N–H and O–H groups in total. The number of aryl methyl sites for hydroxylation is 1. The predicted octanol–water partition coefficient (Wildman–Crippen LogP) is 3.94. The van der Waals surface area contributed by atoms with E-state index in [0.29, 0.717) is 25.9 Å². The molecule has 0 spiro atoms. The zero-order chi connectivity index (χ0) is 21.8. The molecule has 0 radical (unpaired) electrons. The maximum Gasteiger partial charge on any atom is 0.245 e. The molecule has 0 saturated carbocycles. The topological polar surface area (TPSA) is 58.6 Å². The Bertz CT molecular complexity index is 962. The minimum Gasteiger partial charge on any atom is -0.497 e. The summed E-state index contributed by atoms with van der Waals surface area (Å²) in [4.78, 5) is 27.7. The van der Waals surface area contributed by atoms with Gasteiger partial charge >= 0.3 is 0 Å². The van der Waals surface area contributed by atoms with Crippen molar-refractivity contribution in [2.75, 3.05) is 20.2 Å². The Balaban J connectivity index is 1.61. The summed E-state index contributed by atoms with van der Waals surface area (Å²) < 4.78 is 5.43. The van der Waals surface area contributed by atoms with Crippen LogP contribution in [0.25, 0.3) is 0 Å². The van der Waals surface area contributed by atoms with E-state index in [-0.39, 0.29) is 17.9 Å². The van der Waals surface area contributed by atoms with Crippen molar-refractivity contribution in [2.24, 2.45) is 0 Å². The third-order valence-corrected chi connectivity index (χ3v) is 6.84.